The molecule has 0 radical (unpaired) electrons. The van der Waals surface area contributed by atoms with Gasteiger partial charge in [-0.3, -0.25) is 4.79 Å². The van der Waals surface area contributed by atoms with Crippen LogP contribution in [-0.4, -0.2) is 36.1 Å². The lowest BCUT2D eigenvalue weighted by Gasteiger charge is -2.25. The summed E-state index contributed by atoms with van der Waals surface area (Å²) in [6.45, 7) is 5.65. The van der Waals surface area contributed by atoms with Gasteiger partial charge in [0.2, 0.25) is 5.91 Å². The van der Waals surface area contributed by atoms with Gasteiger partial charge in [0.25, 0.3) is 0 Å². The zero-order chi connectivity index (χ0) is 20.9. The Hall–Kier alpha value is -2.66. The monoisotopic (exact) mass is 394 g/mol. The van der Waals surface area contributed by atoms with Gasteiger partial charge in [0, 0.05) is 12.5 Å². The molecule has 5 heteroatoms. The molecule has 0 bridgehead atoms. The number of esters is 1. The van der Waals surface area contributed by atoms with Crippen molar-refractivity contribution in [3.05, 3.63) is 71.3 Å². The van der Waals surface area contributed by atoms with E-state index < -0.39 is 17.6 Å². The molecule has 3 rings (SSSR count). The summed E-state index contributed by atoms with van der Waals surface area (Å²) in [7, 11) is 0. The first-order valence-electron chi connectivity index (χ1n) is 10.2. The van der Waals surface area contributed by atoms with Crippen molar-refractivity contribution >= 4 is 11.9 Å². The molecule has 0 saturated heterocycles. The van der Waals surface area contributed by atoms with Crippen LogP contribution in [0.25, 0.3) is 0 Å². The predicted octanol–water partition coefficient (Wildman–Crippen LogP) is 2.81. The summed E-state index contributed by atoms with van der Waals surface area (Å²) < 4.78 is 5.52. The molecule has 1 aliphatic carbocycles. The SMILES string of the molecule is CC(C)(C)OC(=O)[C@H](Cc1ccccc1)NC(=O)CNC1Cc2ccccc2C1. The largest absolute Gasteiger partial charge is 0.458 e. The molecule has 1 aliphatic rings. The van der Waals surface area contributed by atoms with E-state index >= 15 is 0 Å². The maximum absolute atomic E-state index is 12.7. The fourth-order valence-corrected chi connectivity index (χ4v) is 3.60. The molecule has 0 aromatic heterocycles. The quantitative estimate of drug-likeness (QED) is 0.709. The Morgan fingerprint density at radius 3 is 2.17 bits per heavy atom. The number of fused-ring (bicyclic) bond motifs is 1. The molecule has 0 aliphatic heterocycles. The van der Waals surface area contributed by atoms with Crippen LogP contribution in [0.15, 0.2) is 54.6 Å². The summed E-state index contributed by atoms with van der Waals surface area (Å²) in [4.78, 5) is 25.2. The Morgan fingerprint density at radius 1 is 1.00 bits per heavy atom. The van der Waals surface area contributed by atoms with Crippen LogP contribution in [-0.2, 0) is 33.6 Å². The predicted molar refractivity (Wildman–Crippen MR) is 114 cm³/mol. The number of hydrogen-bond acceptors (Lipinski definition) is 4. The van der Waals surface area contributed by atoms with Gasteiger partial charge in [-0.1, -0.05) is 54.6 Å². The average molecular weight is 395 g/mol. The van der Waals surface area contributed by atoms with E-state index in [1.54, 1.807) is 0 Å². The van der Waals surface area contributed by atoms with Crippen LogP contribution in [0.2, 0.25) is 0 Å². The average Bonchev–Trinajstić information content (AvgIpc) is 3.08. The molecule has 0 saturated carbocycles. The van der Waals surface area contributed by atoms with Gasteiger partial charge in [0.05, 0.1) is 6.54 Å². The zero-order valence-corrected chi connectivity index (χ0v) is 17.4. The molecule has 2 aromatic carbocycles. The highest BCUT2D eigenvalue weighted by molar-refractivity contribution is 5.86. The molecular weight excluding hydrogens is 364 g/mol. The van der Waals surface area contributed by atoms with Crippen molar-refractivity contribution in [1.82, 2.24) is 10.6 Å². The van der Waals surface area contributed by atoms with E-state index in [2.05, 4.69) is 22.8 Å². The molecule has 5 nitrogen and oxygen atoms in total. The minimum absolute atomic E-state index is 0.173. The van der Waals surface area contributed by atoms with Gasteiger partial charge in [0.15, 0.2) is 0 Å². The van der Waals surface area contributed by atoms with Crippen LogP contribution in [0, 0.1) is 0 Å². The molecule has 0 heterocycles. The lowest BCUT2D eigenvalue weighted by atomic mass is 10.1. The highest BCUT2D eigenvalue weighted by Crippen LogP contribution is 2.21. The summed E-state index contributed by atoms with van der Waals surface area (Å²) >= 11 is 0. The van der Waals surface area contributed by atoms with E-state index in [0.29, 0.717) is 6.42 Å². The third-order valence-corrected chi connectivity index (χ3v) is 4.91. The van der Waals surface area contributed by atoms with Crippen LogP contribution in [0.1, 0.15) is 37.5 Å². The van der Waals surface area contributed by atoms with Crippen molar-refractivity contribution < 1.29 is 14.3 Å². The molecule has 154 valence electrons. The third-order valence-electron chi connectivity index (χ3n) is 4.91. The topological polar surface area (TPSA) is 67.4 Å². The Balaban J connectivity index is 1.56. The van der Waals surface area contributed by atoms with E-state index in [0.717, 1.165) is 18.4 Å². The zero-order valence-electron chi connectivity index (χ0n) is 17.4. The number of rotatable bonds is 7. The fourth-order valence-electron chi connectivity index (χ4n) is 3.60. The second kappa shape index (κ2) is 9.23. The van der Waals surface area contributed by atoms with Gasteiger partial charge < -0.3 is 15.4 Å². The van der Waals surface area contributed by atoms with Crippen LogP contribution in [0.4, 0.5) is 0 Å². The number of benzene rings is 2. The third kappa shape index (κ3) is 6.43. The first-order chi connectivity index (χ1) is 13.8. The maximum Gasteiger partial charge on any atom is 0.329 e. The summed E-state index contributed by atoms with van der Waals surface area (Å²) in [5, 5.41) is 6.18. The summed E-state index contributed by atoms with van der Waals surface area (Å²) in [6.07, 6.45) is 2.24. The standard InChI is InChI=1S/C24H30N2O3/c1-24(2,3)29-23(28)21(13-17-9-5-4-6-10-17)26-22(27)16-25-20-14-18-11-7-8-12-19(18)15-20/h4-12,20-21,25H,13-16H2,1-3H3,(H,26,27)/t21-/m0/s1. The summed E-state index contributed by atoms with van der Waals surface area (Å²) in [6, 6.07) is 17.5. The fraction of sp³-hybridized carbons (Fsp3) is 0.417. The van der Waals surface area contributed by atoms with Crippen molar-refractivity contribution in [3.63, 3.8) is 0 Å². The summed E-state index contributed by atoms with van der Waals surface area (Å²) in [5.74, 6) is -0.615. The minimum Gasteiger partial charge on any atom is -0.458 e. The van der Waals surface area contributed by atoms with E-state index in [9.17, 15) is 9.59 Å². The molecule has 29 heavy (non-hydrogen) atoms. The highest BCUT2D eigenvalue weighted by atomic mass is 16.6. The maximum atomic E-state index is 12.7. The van der Waals surface area contributed by atoms with Crippen molar-refractivity contribution in [2.45, 2.75) is 57.7 Å². The lowest BCUT2D eigenvalue weighted by Crippen LogP contribution is -2.49. The number of hydrogen-bond donors (Lipinski definition) is 2. The van der Waals surface area contributed by atoms with E-state index in [-0.39, 0.29) is 18.5 Å². The molecule has 1 amide bonds. The molecule has 0 unspecified atom stereocenters. The van der Waals surface area contributed by atoms with Crippen LogP contribution in [0.5, 0.6) is 0 Å². The Labute approximate surface area is 172 Å². The van der Waals surface area contributed by atoms with Crippen molar-refractivity contribution in [2.24, 2.45) is 0 Å². The van der Waals surface area contributed by atoms with Crippen molar-refractivity contribution in [1.29, 1.82) is 0 Å². The molecule has 0 spiro atoms. The Kier molecular flexibility index (Phi) is 6.70. The van der Waals surface area contributed by atoms with Gasteiger partial charge in [-0.2, -0.15) is 0 Å². The van der Waals surface area contributed by atoms with E-state index in [1.165, 1.54) is 11.1 Å². The number of ether oxygens (including phenoxy) is 1. The first-order valence-corrected chi connectivity index (χ1v) is 10.2. The van der Waals surface area contributed by atoms with E-state index in [4.69, 9.17) is 4.74 Å². The van der Waals surface area contributed by atoms with Gasteiger partial charge in [-0.15, -0.1) is 0 Å². The smallest absolute Gasteiger partial charge is 0.329 e. The molecular formula is C24H30N2O3. The minimum atomic E-state index is -0.716. The van der Waals surface area contributed by atoms with Gasteiger partial charge in [-0.05, 0) is 50.3 Å². The second-order valence-corrected chi connectivity index (χ2v) is 8.60. The highest BCUT2D eigenvalue weighted by Gasteiger charge is 2.27. The molecule has 2 aromatic rings. The first kappa shape index (κ1) is 21.1. The van der Waals surface area contributed by atoms with Crippen LogP contribution >= 0.6 is 0 Å². The lowest BCUT2D eigenvalue weighted by molar-refractivity contribution is -0.158. The number of amides is 1. The van der Waals surface area contributed by atoms with Crippen LogP contribution < -0.4 is 10.6 Å². The molecule has 2 N–H and O–H groups in total. The molecule has 0 fully saturated rings. The van der Waals surface area contributed by atoms with Crippen molar-refractivity contribution in [2.75, 3.05) is 6.54 Å². The van der Waals surface area contributed by atoms with Gasteiger partial charge in [-0.25, -0.2) is 4.79 Å². The van der Waals surface area contributed by atoms with E-state index in [1.807, 2.05) is 63.2 Å². The number of nitrogens with one attached hydrogen (secondary N) is 2. The normalized spacial score (nSPS) is 14.9. The number of carbonyl (C=O) groups excluding carboxylic acids is 2. The van der Waals surface area contributed by atoms with Gasteiger partial charge in [0.1, 0.15) is 11.6 Å². The Bertz CT molecular complexity index is 818. The number of carbonyl (C=O) groups is 2. The van der Waals surface area contributed by atoms with Gasteiger partial charge >= 0.3 is 5.97 Å². The summed E-state index contributed by atoms with van der Waals surface area (Å²) in [5.41, 5.74) is 3.04. The second-order valence-electron chi connectivity index (χ2n) is 8.60. The Morgan fingerprint density at radius 2 is 1.59 bits per heavy atom. The molecule has 1 atom stereocenters. The van der Waals surface area contributed by atoms with Crippen LogP contribution in [0.3, 0.4) is 0 Å². The van der Waals surface area contributed by atoms with Crippen molar-refractivity contribution in [3.8, 4) is 0 Å².